The summed E-state index contributed by atoms with van der Waals surface area (Å²) < 4.78 is 5.11. The zero-order chi connectivity index (χ0) is 11.7. The van der Waals surface area contributed by atoms with Crippen molar-refractivity contribution in [1.82, 2.24) is 0 Å². The summed E-state index contributed by atoms with van der Waals surface area (Å²) in [5.41, 5.74) is 2.32. The quantitative estimate of drug-likeness (QED) is 0.601. The van der Waals surface area contributed by atoms with E-state index in [9.17, 15) is 4.79 Å². The summed E-state index contributed by atoms with van der Waals surface area (Å²) in [5, 5.41) is 0. The third kappa shape index (κ3) is 6.86. The number of hydrogen-bond donors (Lipinski definition) is 0. The van der Waals surface area contributed by atoms with Crippen molar-refractivity contribution < 1.29 is 9.53 Å². The average Bonchev–Trinajstić information content (AvgIpc) is 2.20. The molecule has 0 N–H and O–H groups in total. The van der Waals surface area contributed by atoms with Gasteiger partial charge in [0.15, 0.2) is 0 Å². The van der Waals surface area contributed by atoms with Crippen molar-refractivity contribution in [3.8, 4) is 0 Å². The van der Waals surface area contributed by atoms with Gasteiger partial charge in [-0.2, -0.15) is 0 Å². The Morgan fingerprint density at radius 3 is 2.47 bits per heavy atom. The molecule has 0 fully saturated rings. The molecule has 84 valence electrons. The zero-order valence-corrected chi connectivity index (χ0v) is 9.88. The van der Waals surface area contributed by atoms with Crippen LogP contribution < -0.4 is 0 Å². The second-order valence-corrected chi connectivity index (χ2v) is 3.52. The highest BCUT2D eigenvalue weighted by Gasteiger charge is 2.02. The molecule has 2 heteroatoms. The van der Waals surface area contributed by atoms with Gasteiger partial charge >= 0.3 is 0 Å². The zero-order valence-electron chi connectivity index (χ0n) is 9.88. The molecular weight excluding hydrogens is 188 g/mol. The van der Waals surface area contributed by atoms with E-state index in [2.05, 4.69) is 6.58 Å². The van der Waals surface area contributed by atoms with Crippen LogP contribution in [-0.4, -0.2) is 19.5 Å². The fraction of sp³-hybridized carbons (Fsp3) is 0.462. The lowest BCUT2D eigenvalue weighted by Gasteiger charge is -2.08. The topological polar surface area (TPSA) is 26.3 Å². The first kappa shape index (κ1) is 13.8. The van der Waals surface area contributed by atoms with E-state index in [-0.39, 0.29) is 5.78 Å². The largest absolute Gasteiger partial charge is 0.380 e. The Kier molecular flexibility index (Phi) is 7.56. The standard InChI is InChI=1S/C13H20O2/c1-5-6-7-11(2)13(10-15-4)9-8-12(3)14/h5-7H,1,8-10H2,2-4H3/b7-6-,13-11-. The third-order valence-corrected chi connectivity index (χ3v) is 2.14. The van der Waals surface area contributed by atoms with E-state index in [0.29, 0.717) is 13.0 Å². The number of Topliss-reactive ketones (excluding diaryl/α,β-unsaturated/α-hetero) is 1. The summed E-state index contributed by atoms with van der Waals surface area (Å²) in [6.07, 6.45) is 6.97. The molecule has 0 saturated heterocycles. The van der Waals surface area contributed by atoms with Gasteiger partial charge in [0.25, 0.3) is 0 Å². The number of ketones is 1. The van der Waals surface area contributed by atoms with Crippen molar-refractivity contribution in [2.24, 2.45) is 0 Å². The fourth-order valence-electron chi connectivity index (χ4n) is 1.21. The van der Waals surface area contributed by atoms with E-state index in [0.717, 1.165) is 12.0 Å². The molecule has 0 radical (unpaired) electrons. The molecule has 0 aliphatic carbocycles. The maximum Gasteiger partial charge on any atom is 0.130 e. The van der Waals surface area contributed by atoms with Gasteiger partial charge in [-0.3, -0.25) is 0 Å². The van der Waals surface area contributed by atoms with E-state index in [1.165, 1.54) is 5.57 Å². The minimum atomic E-state index is 0.212. The van der Waals surface area contributed by atoms with Crippen LogP contribution in [0.4, 0.5) is 0 Å². The Morgan fingerprint density at radius 1 is 1.33 bits per heavy atom. The second-order valence-electron chi connectivity index (χ2n) is 3.52. The molecule has 0 aromatic rings. The molecule has 0 aliphatic heterocycles. The van der Waals surface area contributed by atoms with Crippen LogP contribution in [0.1, 0.15) is 26.7 Å². The maximum atomic E-state index is 10.9. The van der Waals surface area contributed by atoms with Crippen LogP contribution in [-0.2, 0) is 9.53 Å². The van der Waals surface area contributed by atoms with Gasteiger partial charge in [0, 0.05) is 13.5 Å². The van der Waals surface area contributed by atoms with E-state index in [1.54, 1.807) is 20.1 Å². The minimum absolute atomic E-state index is 0.212. The molecule has 0 saturated carbocycles. The normalized spacial score (nSPS) is 12.7. The van der Waals surface area contributed by atoms with Gasteiger partial charge in [-0.1, -0.05) is 24.8 Å². The number of carbonyl (C=O) groups excluding carboxylic acids is 1. The SMILES string of the molecule is C=C/C=C\C(C)=C(\CCC(C)=O)COC. The lowest BCUT2D eigenvalue weighted by atomic mass is 10.0. The molecule has 0 heterocycles. The lowest BCUT2D eigenvalue weighted by molar-refractivity contribution is -0.117. The molecule has 0 amide bonds. The third-order valence-electron chi connectivity index (χ3n) is 2.14. The fourth-order valence-corrected chi connectivity index (χ4v) is 1.21. The maximum absolute atomic E-state index is 10.9. The van der Waals surface area contributed by atoms with Crippen molar-refractivity contribution >= 4 is 5.78 Å². The predicted octanol–water partition coefficient (Wildman–Crippen LogP) is 3.06. The number of allylic oxidation sites excluding steroid dienone is 4. The number of carbonyl (C=O) groups is 1. The Bertz CT molecular complexity index is 272. The van der Waals surface area contributed by atoms with Crippen molar-refractivity contribution in [3.05, 3.63) is 36.0 Å². The monoisotopic (exact) mass is 208 g/mol. The lowest BCUT2D eigenvalue weighted by Crippen LogP contribution is -2.00. The van der Waals surface area contributed by atoms with E-state index >= 15 is 0 Å². The molecule has 0 spiro atoms. The van der Waals surface area contributed by atoms with Crippen LogP contribution in [0.2, 0.25) is 0 Å². The predicted molar refractivity (Wildman–Crippen MR) is 63.8 cm³/mol. The van der Waals surface area contributed by atoms with Gasteiger partial charge in [-0.05, 0) is 31.4 Å². The van der Waals surface area contributed by atoms with Crippen molar-refractivity contribution in [2.75, 3.05) is 13.7 Å². The Labute approximate surface area is 92.3 Å². The van der Waals surface area contributed by atoms with E-state index < -0.39 is 0 Å². The van der Waals surface area contributed by atoms with Crippen molar-refractivity contribution in [3.63, 3.8) is 0 Å². The summed E-state index contributed by atoms with van der Waals surface area (Å²) in [5.74, 6) is 0.212. The van der Waals surface area contributed by atoms with Crippen LogP contribution in [0.15, 0.2) is 36.0 Å². The first-order valence-corrected chi connectivity index (χ1v) is 5.08. The smallest absolute Gasteiger partial charge is 0.130 e. The summed E-state index contributed by atoms with van der Waals surface area (Å²) in [6, 6.07) is 0. The highest BCUT2D eigenvalue weighted by molar-refractivity contribution is 5.75. The van der Waals surface area contributed by atoms with Crippen LogP contribution in [0, 0.1) is 0 Å². The van der Waals surface area contributed by atoms with Gasteiger partial charge in [0.2, 0.25) is 0 Å². The molecule has 0 aromatic carbocycles. The highest BCUT2D eigenvalue weighted by Crippen LogP contribution is 2.13. The molecular formula is C13H20O2. The van der Waals surface area contributed by atoms with Gasteiger partial charge in [0.1, 0.15) is 5.78 Å². The van der Waals surface area contributed by atoms with Crippen LogP contribution in [0.5, 0.6) is 0 Å². The number of hydrogen-bond acceptors (Lipinski definition) is 2. The second kappa shape index (κ2) is 8.18. The van der Waals surface area contributed by atoms with Gasteiger partial charge < -0.3 is 9.53 Å². The van der Waals surface area contributed by atoms with E-state index in [4.69, 9.17) is 4.74 Å². The Balaban J connectivity index is 4.52. The van der Waals surface area contributed by atoms with Crippen LogP contribution in [0.3, 0.4) is 0 Å². The van der Waals surface area contributed by atoms with Crippen LogP contribution in [0.25, 0.3) is 0 Å². The van der Waals surface area contributed by atoms with Gasteiger partial charge in [0.05, 0.1) is 6.61 Å². The molecule has 0 rings (SSSR count). The Hall–Kier alpha value is -1.15. The van der Waals surface area contributed by atoms with Crippen molar-refractivity contribution in [2.45, 2.75) is 26.7 Å². The van der Waals surface area contributed by atoms with Gasteiger partial charge in [-0.25, -0.2) is 0 Å². The highest BCUT2D eigenvalue weighted by atomic mass is 16.5. The summed E-state index contributed by atoms with van der Waals surface area (Å²) in [6.45, 7) is 7.83. The molecule has 0 unspecified atom stereocenters. The molecule has 0 bridgehead atoms. The molecule has 15 heavy (non-hydrogen) atoms. The van der Waals surface area contributed by atoms with Gasteiger partial charge in [-0.15, -0.1) is 0 Å². The van der Waals surface area contributed by atoms with Crippen LogP contribution >= 0.6 is 0 Å². The summed E-state index contributed by atoms with van der Waals surface area (Å²) in [4.78, 5) is 10.9. The first-order valence-electron chi connectivity index (χ1n) is 5.08. The van der Waals surface area contributed by atoms with E-state index in [1.807, 2.05) is 19.1 Å². The average molecular weight is 208 g/mol. The number of rotatable bonds is 7. The Morgan fingerprint density at radius 2 is 2.00 bits per heavy atom. The summed E-state index contributed by atoms with van der Waals surface area (Å²) in [7, 11) is 1.66. The molecule has 0 aromatic heterocycles. The molecule has 0 atom stereocenters. The van der Waals surface area contributed by atoms with Crippen molar-refractivity contribution in [1.29, 1.82) is 0 Å². The molecule has 0 aliphatic rings. The number of methoxy groups -OCH3 is 1. The molecule has 2 nitrogen and oxygen atoms in total. The number of ether oxygens (including phenoxy) is 1. The minimum Gasteiger partial charge on any atom is -0.380 e. The first-order chi connectivity index (χ1) is 7.11. The summed E-state index contributed by atoms with van der Waals surface area (Å²) >= 11 is 0.